The highest BCUT2D eigenvalue weighted by atomic mass is 16.3. The van der Waals surface area contributed by atoms with Crippen LogP contribution in [-0.2, 0) is 9.59 Å². The minimum Gasteiger partial charge on any atom is -0.396 e. The van der Waals surface area contributed by atoms with E-state index in [-0.39, 0.29) is 37.4 Å². The third-order valence-electron chi connectivity index (χ3n) is 1.90. The zero-order valence-corrected chi connectivity index (χ0v) is 8.95. The topological polar surface area (TPSA) is 104 Å². The number of nitrogens with one attached hydrogen (secondary N) is 2. The quantitative estimate of drug-likeness (QED) is 0.403. The van der Waals surface area contributed by atoms with E-state index >= 15 is 0 Å². The number of carbonyl (C=O) groups excluding carboxylic acids is 2. The molecule has 6 heteroatoms. The molecule has 0 aromatic carbocycles. The van der Waals surface area contributed by atoms with E-state index in [1.54, 1.807) is 0 Å². The van der Waals surface area contributed by atoms with Crippen LogP contribution in [0.2, 0.25) is 0 Å². The van der Waals surface area contributed by atoms with Gasteiger partial charge in [-0.2, -0.15) is 0 Å². The van der Waals surface area contributed by atoms with Crippen LogP contribution in [0.15, 0.2) is 0 Å². The predicted octanol–water partition coefficient (Wildman–Crippen LogP) is -1.80. The van der Waals surface area contributed by atoms with Crippen molar-refractivity contribution in [2.24, 2.45) is 11.7 Å². The van der Waals surface area contributed by atoms with Crippen LogP contribution in [0.25, 0.3) is 0 Å². The van der Waals surface area contributed by atoms with E-state index in [2.05, 4.69) is 10.6 Å². The molecule has 1 atom stereocenters. The summed E-state index contributed by atoms with van der Waals surface area (Å²) in [4.78, 5) is 21.9. The summed E-state index contributed by atoms with van der Waals surface area (Å²) in [5.74, 6) is -0.376. The molecule has 0 bridgehead atoms. The lowest BCUT2D eigenvalue weighted by atomic mass is 10.1. The fourth-order valence-corrected chi connectivity index (χ4v) is 0.924. The molecule has 88 valence electrons. The van der Waals surface area contributed by atoms with Crippen LogP contribution in [0.4, 0.5) is 0 Å². The Balaban J connectivity index is 3.53. The van der Waals surface area contributed by atoms with E-state index in [9.17, 15) is 9.59 Å². The number of rotatable bonds is 7. The first-order chi connectivity index (χ1) is 7.10. The van der Waals surface area contributed by atoms with Crippen LogP contribution in [0.5, 0.6) is 0 Å². The van der Waals surface area contributed by atoms with Gasteiger partial charge in [0.1, 0.15) is 0 Å². The first kappa shape index (κ1) is 13.9. The lowest BCUT2D eigenvalue weighted by Crippen LogP contribution is -2.40. The van der Waals surface area contributed by atoms with Crippen molar-refractivity contribution in [2.45, 2.75) is 13.3 Å². The van der Waals surface area contributed by atoms with Crippen LogP contribution < -0.4 is 16.4 Å². The third kappa shape index (κ3) is 7.90. The van der Waals surface area contributed by atoms with Crippen molar-refractivity contribution < 1.29 is 14.7 Å². The largest absolute Gasteiger partial charge is 0.396 e. The van der Waals surface area contributed by atoms with Gasteiger partial charge in [0.05, 0.1) is 13.1 Å². The zero-order chi connectivity index (χ0) is 11.7. The van der Waals surface area contributed by atoms with E-state index in [0.29, 0.717) is 13.0 Å². The van der Waals surface area contributed by atoms with Crippen molar-refractivity contribution in [1.29, 1.82) is 0 Å². The number of carbonyl (C=O) groups is 2. The van der Waals surface area contributed by atoms with E-state index in [4.69, 9.17) is 10.8 Å². The minimum absolute atomic E-state index is 0.0537. The SMILES string of the molecule is CC(CCO)CNC(=O)CNC(=O)CN. The molecule has 0 aromatic rings. The summed E-state index contributed by atoms with van der Waals surface area (Å²) in [6, 6.07) is 0. The number of hydrogen-bond acceptors (Lipinski definition) is 4. The maximum atomic E-state index is 11.1. The van der Waals surface area contributed by atoms with Gasteiger partial charge in [0.25, 0.3) is 0 Å². The van der Waals surface area contributed by atoms with Gasteiger partial charge in [0.2, 0.25) is 11.8 Å². The van der Waals surface area contributed by atoms with Gasteiger partial charge in [0.15, 0.2) is 0 Å². The van der Waals surface area contributed by atoms with Gasteiger partial charge in [-0.05, 0) is 12.3 Å². The molecule has 0 fully saturated rings. The number of aliphatic hydroxyl groups excluding tert-OH is 1. The molecule has 1 unspecified atom stereocenters. The van der Waals surface area contributed by atoms with Crippen molar-refractivity contribution >= 4 is 11.8 Å². The summed E-state index contributed by atoms with van der Waals surface area (Å²) in [6.07, 6.45) is 0.648. The number of hydrogen-bond donors (Lipinski definition) is 4. The lowest BCUT2D eigenvalue weighted by Gasteiger charge is -2.11. The molecule has 0 radical (unpaired) electrons. The first-order valence-corrected chi connectivity index (χ1v) is 4.94. The molecule has 0 spiro atoms. The van der Waals surface area contributed by atoms with Crippen molar-refractivity contribution in [2.75, 3.05) is 26.2 Å². The summed E-state index contributed by atoms with van der Waals surface area (Å²) >= 11 is 0. The molecule has 6 nitrogen and oxygen atoms in total. The number of nitrogens with two attached hydrogens (primary N) is 1. The maximum Gasteiger partial charge on any atom is 0.239 e. The summed E-state index contributed by atoms with van der Waals surface area (Å²) in [7, 11) is 0. The van der Waals surface area contributed by atoms with Gasteiger partial charge in [-0.25, -0.2) is 0 Å². The molecule has 0 aliphatic rings. The number of aliphatic hydroxyl groups is 1. The van der Waals surface area contributed by atoms with Gasteiger partial charge in [0, 0.05) is 13.2 Å². The molecule has 0 rings (SSSR count). The van der Waals surface area contributed by atoms with Gasteiger partial charge < -0.3 is 21.5 Å². The van der Waals surface area contributed by atoms with Gasteiger partial charge in [-0.15, -0.1) is 0 Å². The van der Waals surface area contributed by atoms with Crippen molar-refractivity contribution in [1.82, 2.24) is 10.6 Å². The molecular weight excluding hydrogens is 198 g/mol. The first-order valence-electron chi connectivity index (χ1n) is 4.94. The van der Waals surface area contributed by atoms with E-state index in [1.165, 1.54) is 0 Å². The molecular formula is C9H19N3O3. The Bertz CT molecular complexity index is 209. The molecule has 0 aliphatic heterocycles. The monoisotopic (exact) mass is 217 g/mol. The van der Waals surface area contributed by atoms with E-state index < -0.39 is 0 Å². The highest BCUT2D eigenvalue weighted by Gasteiger charge is 2.06. The van der Waals surface area contributed by atoms with Crippen LogP contribution >= 0.6 is 0 Å². The third-order valence-corrected chi connectivity index (χ3v) is 1.90. The normalized spacial score (nSPS) is 11.9. The average molecular weight is 217 g/mol. The minimum atomic E-state index is -0.353. The Hall–Kier alpha value is -1.14. The lowest BCUT2D eigenvalue weighted by molar-refractivity contribution is -0.125. The zero-order valence-electron chi connectivity index (χ0n) is 8.95. The Morgan fingerprint density at radius 1 is 1.33 bits per heavy atom. The Morgan fingerprint density at radius 3 is 2.53 bits per heavy atom. The molecule has 0 saturated carbocycles. The molecule has 2 amide bonds. The second kappa shape index (κ2) is 8.19. The molecule has 15 heavy (non-hydrogen) atoms. The second-order valence-corrected chi connectivity index (χ2v) is 3.40. The Kier molecular flexibility index (Phi) is 7.57. The molecule has 5 N–H and O–H groups in total. The highest BCUT2D eigenvalue weighted by molar-refractivity contribution is 5.85. The van der Waals surface area contributed by atoms with Gasteiger partial charge >= 0.3 is 0 Å². The van der Waals surface area contributed by atoms with Crippen LogP contribution in [-0.4, -0.2) is 43.2 Å². The molecule has 0 aromatic heterocycles. The van der Waals surface area contributed by atoms with Gasteiger partial charge in [-0.1, -0.05) is 6.92 Å². The smallest absolute Gasteiger partial charge is 0.239 e. The Labute approximate surface area is 89.2 Å². The van der Waals surface area contributed by atoms with Crippen LogP contribution in [0.1, 0.15) is 13.3 Å². The van der Waals surface area contributed by atoms with Gasteiger partial charge in [-0.3, -0.25) is 9.59 Å². The molecule has 0 aliphatic carbocycles. The summed E-state index contributed by atoms with van der Waals surface area (Å²) < 4.78 is 0. The van der Waals surface area contributed by atoms with Crippen LogP contribution in [0.3, 0.4) is 0 Å². The fraction of sp³-hybridized carbons (Fsp3) is 0.778. The van der Waals surface area contributed by atoms with E-state index in [1.807, 2.05) is 6.92 Å². The molecule has 0 saturated heterocycles. The maximum absolute atomic E-state index is 11.1. The van der Waals surface area contributed by atoms with Crippen molar-refractivity contribution in [3.8, 4) is 0 Å². The number of amides is 2. The predicted molar refractivity (Wildman–Crippen MR) is 55.9 cm³/mol. The van der Waals surface area contributed by atoms with Crippen molar-refractivity contribution in [3.05, 3.63) is 0 Å². The summed E-state index contributed by atoms with van der Waals surface area (Å²) in [6.45, 7) is 2.36. The summed E-state index contributed by atoms with van der Waals surface area (Å²) in [5.41, 5.74) is 5.05. The van der Waals surface area contributed by atoms with E-state index in [0.717, 1.165) is 0 Å². The fourth-order valence-electron chi connectivity index (χ4n) is 0.924. The standard InChI is InChI=1S/C9H19N3O3/c1-7(2-3-13)5-11-9(15)6-12-8(14)4-10/h7,13H,2-6,10H2,1H3,(H,11,15)(H,12,14). The van der Waals surface area contributed by atoms with Crippen molar-refractivity contribution in [3.63, 3.8) is 0 Å². The average Bonchev–Trinajstić information content (AvgIpc) is 2.23. The summed E-state index contributed by atoms with van der Waals surface area (Å²) in [5, 5.41) is 13.6. The highest BCUT2D eigenvalue weighted by Crippen LogP contribution is 1.97. The molecule has 0 heterocycles. The Morgan fingerprint density at radius 2 is 2.00 bits per heavy atom. The van der Waals surface area contributed by atoms with Crippen LogP contribution in [0, 0.1) is 5.92 Å². The second-order valence-electron chi connectivity index (χ2n) is 3.40.